The van der Waals surface area contributed by atoms with Gasteiger partial charge in [0.05, 0.1) is 34.7 Å². The van der Waals surface area contributed by atoms with Crippen molar-refractivity contribution < 1.29 is 35.9 Å². The molecule has 2 aromatic carbocycles. The fraction of sp³-hybridized carbons (Fsp3) is 0.455. The van der Waals surface area contributed by atoms with E-state index < -0.39 is 53.1 Å². The number of piperazine rings is 1. The molecule has 44 heavy (non-hydrogen) atoms. The maximum Gasteiger partial charge on any atom is 0.416 e. The maximum atomic E-state index is 14.2. The van der Waals surface area contributed by atoms with Gasteiger partial charge in [-0.05, 0) is 74.9 Å². The van der Waals surface area contributed by atoms with Gasteiger partial charge in [-0.3, -0.25) is 4.79 Å². The zero-order chi connectivity index (χ0) is 32.8. The maximum absolute atomic E-state index is 14.2. The lowest BCUT2D eigenvalue weighted by atomic mass is 9.76. The highest BCUT2D eigenvalue weighted by Crippen LogP contribution is 2.50. The second kappa shape index (κ2) is 12.0. The van der Waals surface area contributed by atoms with E-state index in [0.29, 0.717) is 31.4 Å². The molecule has 0 saturated carbocycles. The Morgan fingerprint density at radius 2 is 1.57 bits per heavy atom. The van der Waals surface area contributed by atoms with Gasteiger partial charge in [0.15, 0.2) is 0 Å². The van der Waals surface area contributed by atoms with Crippen LogP contribution in [0.1, 0.15) is 71.7 Å². The molecule has 0 aromatic heterocycles. The van der Waals surface area contributed by atoms with E-state index >= 15 is 0 Å². The van der Waals surface area contributed by atoms with Crippen LogP contribution in [0.2, 0.25) is 0 Å². The van der Waals surface area contributed by atoms with E-state index in [2.05, 4.69) is 13.2 Å². The van der Waals surface area contributed by atoms with Gasteiger partial charge in [0, 0.05) is 20.1 Å². The highest BCUT2D eigenvalue weighted by atomic mass is 19.4. The number of allylic oxidation sites excluding steroid dienone is 2. The minimum Gasteiger partial charge on any atom is -0.335 e. The molecule has 0 bridgehead atoms. The van der Waals surface area contributed by atoms with Gasteiger partial charge in [-0.25, -0.2) is 4.79 Å². The van der Waals surface area contributed by atoms with Crippen molar-refractivity contribution in [1.29, 1.82) is 0 Å². The van der Waals surface area contributed by atoms with Crippen LogP contribution in [0.4, 0.5) is 31.1 Å². The first kappa shape index (κ1) is 33.1. The first-order chi connectivity index (χ1) is 20.4. The van der Waals surface area contributed by atoms with Crippen molar-refractivity contribution in [2.24, 2.45) is 5.41 Å². The number of halogens is 6. The van der Waals surface area contributed by atoms with Crippen LogP contribution in [0.3, 0.4) is 0 Å². The van der Waals surface area contributed by atoms with Gasteiger partial charge in [0.25, 0.3) is 0 Å². The number of hydrogen-bond donors (Lipinski definition) is 0. The molecule has 2 fully saturated rings. The molecular formula is C33H37F6N3O2. The van der Waals surface area contributed by atoms with Crippen LogP contribution < -0.4 is 0 Å². The van der Waals surface area contributed by atoms with Gasteiger partial charge in [-0.15, -0.1) is 13.2 Å². The largest absolute Gasteiger partial charge is 0.416 e. The number of rotatable bonds is 7. The molecule has 2 saturated heterocycles. The number of amides is 3. The zero-order valence-corrected chi connectivity index (χ0v) is 25.2. The van der Waals surface area contributed by atoms with Crippen LogP contribution in [0.25, 0.3) is 0 Å². The van der Waals surface area contributed by atoms with Crippen LogP contribution in [0, 0.1) is 19.3 Å². The van der Waals surface area contributed by atoms with Gasteiger partial charge in [0.2, 0.25) is 5.91 Å². The molecule has 2 aliphatic rings. The lowest BCUT2D eigenvalue weighted by Gasteiger charge is -2.47. The lowest BCUT2D eigenvalue weighted by Crippen LogP contribution is -2.57. The van der Waals surface area contributed by atoms with Crippen LogP contribution in [-0.2, 0) is 17.1 Å². The Morgan fingerprint density at radius 1 is 1.00 bits per heavy atom. The molecule has 0 N–H and O–H groups in total. The average molecular weight is 622 g/mol. The van der Waals surface area contributed by atoms with Gasteiger partial charge in [0.1, 0.15) is 0 Å². The standard InChI is InChI=1S/C33H37F6N3O2/c1-7-11-31(12-8-2)19-27-28(26-15-20(3)9-10-21(26)4)42(14-13-41(27)29(31)43)30(44)40(6)22(5)23-16-24(32(34,35)36)18-25(17-23)33(37,38)39/h7-10,15-18,22,27-28H,1-2,11-14,19H2,3-6H3. The number of fused-ring (bicyclic) bond motifs is 1. The zero-order valence-electron chi connectivity index (χ0n) is 25.2. The molecule has 3 atom stereocenters. The summed E-state index contributed by atoms with van der Waals surface area (Å²) in [5.74, 6) is -0.0462. The Hall–Kier alpha value is -3.76. The average Bonchev–Trinajstić information content (AvgIpc) is 3.22. The summed E-state index contributed by atoms with van der Waals surface area (Å²) in [6.07, 6.45) is -5.35. The molecular weight excluding hydrogens is 584 g/mol. The Kier molecular flexibility index (Phi) is 9.01. The molecule has 2 aliphatic heterocycles. The number of nitrogens with zero attached hydrogens (tertiary/aromatic N) is 3. The highest BCUT2D eigenvalue weighted by molar-refractivity contribution is 5.87. The van der Waals surface area contributed by atoms with E-state index in [1.807, 2.05) is 32.0 Å². The Bertz CT molecular complexity index is 1410. The molecule has 2 heterocycles. The van der Waals surface area contributed by atoms with Gasteiger partial charge in [-0.2, -0.15) is 26.3 Å². The van der Waals surface area contributed by atoms with Crippen molar-refractivity contribution in [3.8, 4) is 0 Å². The van der Waals surface area contributed by atoms with Crippen LogP contribution in [-0.4, -0.2) is 52.8 Å². The quantitative estimate of drug-likeness (QED) is 0.231. The fourth-order valence-electron chi connectivity index (χ4n) is 6.62. The van der Waals surface area contributed by atoms with E-state index in [-0.39, 0.29) is 30.6 Å². The summed E-state index contributed by atoms with van der Waals surface area (Å²) in [5, 5.41) is 0. The molecule has 2 aromatic rings. The first-order valence-electron chi connectivity index (χ1n) is 14.4. The molecule has 11 heteroatoms. The Morgan fingerprint density at radius 3 is 2.09 bits per heavy atom. The predicted octanol–water partition coefficient (Wildman–Crippen LogP) is 8.25. The number of benzene rings is 2. The van der Waals surface area contributed by atoms with E-state index in [1.54, 1.807) is 22.0 Å². The van der Waals surface area contributed by atoms with Crippen LogP contribution in [0.5, 0.6) is 0 Å². The highest BCUT2D eigenvalue weighted by Gasteiger charge is 2.56. The van der Waals surface area contributed by atoms with E-state index in [1.165, 1.54) is 18.9 Å². The van der Waals surface area contributed by atoms with E-state index in [0.717, 1.165) is 16.7 Å². The molecule has 3 unspecified atom stereocenters. The molecule has 0 spiro atoms. The van der Waals surface area contributed by atoms with Crippen LogP contribution >= 0.6 is 0 Å². The second-order valence-electron chi connectivity index (χ2n) is 11.9. The third kappa shape index (κ3) is 6.10. The number of hydrogen-bond acceptors (Lipinski definition) is 2. The number of aryl methyl sites for hydroxylation is 2. The van der Waals surface area contributed by atoms with Gasteiger partial charge >= 0.3 is 18.4 Å². The molecule has 238 valence electrons. The minimum absolute atomic E-state index is 0.0462. The third-order valence-electron chi connectivity index (χ3n) is 9.04. The van der Waals surface area contributed by atoms with Crippen molar-refractivity contribution in [2.75, 3.05) is 20.1 Å². The number of carbonyl (C=O) groups is 2. The summed E-state index contributed by atoms with van der Waals surface area (Å²) in [6, 6.07) is 4.50. The summed E-state index contributed by atoms with van der Waals surface area (Å²) < 4.78 is 81.5. The minimum atomic E-state index is -5.01. The van der Waals surface area contributed by atoms with Crippen molar-refractivity contribution >= 4 is 11.9 Å². The summed E-state index contributed by atoms with van der Waals surface area (Å²) in [6.45, 7) is 13.3. The van der Waals surface area contributed by atoms with E-state index in [9.17, 15) is 35.9 Å². The normalized spacial score (nSPS) is 20.7. The van der Waals surface area contributed by atoms with Crippen molar-refractivity contribution in [3.63, 3.8) is 0 Å². The summed E-state index contributed by atoms with van der Waals surface area (Å²) in [7, 11) is 1.37. The third-order valence-corrected chi connectivity index (χ3v) is 9.04. The monoisotopic (exact) mass is 621 g/mol. The van der Waals surface area contributed by atoms with Crippen molar-refractivity contribution in [2.45, 2.75) is 70.5 Å². The predicted molar refractivity (Wildman–Crippen MR) is 156 cm³/mol. The van der Waals surface area contributed by atoms with Crippen molar-refractivity contribution in [3.05, 3.63) is 95.1 Å². The molecule has 0 radical (unpaired) electrons. The summed E-state index contributed by atoms with van der Waals surface area (Å²) in [4.78, 5) is 32.6. The lowest BCUT2D eigenvalue weighted by molar-refractivity contribution is -0.143. The van der Waals surface area contributed by atoms with E-state index in [4.69, 9.17) is 0 Å². The Balaban J connectivity index is 1.77. The molecule has 3 amide bonds. The number of alkyl halides is 6. The van der Waals surface area contributed by atoms with Gasteiger partial charge in [-0.1, -0.05) is 35.9 Å². The first-order valence-corrected chi connectivity index (χ1v) is 14.4. The SMILES string of the molecule is C=CCC1(CC=C)CC2C(c3cc(C)ccc3C)N(C(=O)N(C)C(C)c3cc(C(F)(F)F)cc(C(F)(F)F)c3)CCN2C1=O. The van der Waals surface area contributed by atoms with Crippen molar-refractivity contribution in [1.82, 2.24) is 14.7 Å². The molecule has 0 aliphatic carbocycles. The van der Waals surface area contributed by atoms with Gasteiger partial charge < -0.3 is 14.7 Å². The number of carbonyl (C=O) groups excluding carboxylic acids is 2. The smallest absolute Gasteiger partial charge is 0.335 e. The Labute approximate surface area is 253 Å². The number of urea groups is 1. The summed E-state index contributed by atoms with van der Waals surface area (Å²) >= 11 is 0. The molecule has 4 rings (SSSR count). The molecule has 5 nitrogen and oxygen atoms in total. The van der Waals surface area contributed by atoms with Crippen LogP contribution in [0.15, 0.2) is 61.7 Å². The topological polar surface area (TPSA) is 43.9 Å². The fourth-order valence-corrected chi connectivity index (χ4v) is 6.62. The second-order valence-corrected chi connectivity index (χ2v) is 11.9. The summed E-state index contributed by atoms with van der Waals surface area (Å²) in [5.41, 5.74) is -1.29.